The number of fused-ring (bicyclic) bond motifs is 1. The lowest BCUT2D eigenvalue weighted by Crippen LogP contribution is -2.32. The van der Waals surface area contributed by atoms with Gasteiger partial charge in [0.15, 0.2) is 17.0 Å². The zero-order chi connectivity index (χ0) is 26.8. The molecule has 2 heterocycles. The van der Waals surface area contributed by atoms with E-state index in [2.05, 4.69) is 29.9 Å². The molecule has 0 spiro atoms. The summed E-state index contributed by atoms with van der Waals surface area (Å²) in [4.78, 5) is 42.8. The third-order valence-electron chi connectivity index (χ3n) is 4.79. The van der Waals surface area contributed by atoms with Gasteiger partial charge in [-0.3, -0.25) is 9.36 Å². The van der Waals surface area contributed by atoms with Crippen LogP contribution < -0.4 is 9.61 Å². The molecule has 0 aliphatic carbocycles. The lowest BCUT2D eigenvalue weighted by molar-refractivity contribution is -0.153. The predicted octanol–water partition coefficient (Wildman–Crippen LogP) is 2.80. The Morgan fingerprint density at radius 2 is 1.97 bits per heavy atom. The molecule has 3 aromatic rings. The molecule has 0 bridgehead atoms. The van der Waals surface area contributed by atoms with Crippen LogP contribution in [0.2, 0.25) is 0 Å². The number of aliphatic carboxylic acids is 1. The molecule has 3 rings (SSSR count). The molecule has 0 fully saturated rings. The fourth-order valence-corrected chi connectivity index (χ4v) is 4.71. The van der Waals surface area contributed by atoms with Crippen LogP contribution in [0.1, 0.15) is 13.8 Å². The van der Waals surface area contributed by atoms with Gasteiger partial charge in [-0.25, -0.2) is 30.1 Å². The molecule has 0 radical (unpaired) electrons. The Kier molecular flexibility index (Phi) is 9.57. The number of ether oxygens (including phenoxy) is 1. The number of hydrogen-bond acceptors (Lipinski definition) is 11. The van der Waals surface area contributed by atoms with E-state index in [1.807, 2.05) is 0 Å². The van der Waals surface area contributed by atoms with Crippen LogP contribution in [0, 0.1) is 0 Å². The van der Waals surface area contributed by atoms with Gasteiger partial charge >= 0.3 is 13.5 Å². The van der Waals surface area contributed by atoms with Crippen molar-refractivity contribution in [3.05, 3.63) is 55.1 Å². The van der Waals surface area contributed by atoms with Gasteiger partial charge in [0.2, 0.25) is 0 Å². The monoisotopic (exact) mass is 532 g/mol. The first kappa shape index (κ1) is 27.6. The average molecular weight is 532 g/mol. The van der Waals surface area contributed by atoms with E-state index >= 15 is 0 Å². The van der Waals surface area contributed by atoms with Crippen molar-refractivity contribution < 1.29 is 38.7 Å². The summed E-state index contributed by atoms with van der Waals surface area (Å²) in [6, 6.07) is 7.85. The van der Waals surface area contributed by atoms with E-state index in [9.17, 15) is 14.2 Å². The molecule has 1 unspecified atom stereocenters. The van der Waals surface area contributed by atoms with E-state index in [0.29, 0.717) is 11.4 Å². The second-order valence-corrected chi connectivity index (χ2v) is 9.64. The van der Waals surface area contributed by atoms with Crippen LogP contribution >= 0.6 is 7.52 Å². The van der Waals surface area contributed by atoms with E-state index in [0.717, 1.165) is 12.2 Å². The number of carbonyl (C=O) groups excluding carboxylic acids is 1. The highest BCUT2D eigenvalue weighted by molar-refractivity contribution is 7.57. The number of nitrogens with one attached hydrogen (secondary N) is 1. The van der Waals surface area contributed by atoms with Crippen molar-refractivity contribution in [1.82, 2.24) is 24.6 Å². The molecule has 196 valence electrons. The van der Waals surface area contributed by atoms with Gasteiger partial charge in [-0.15, -0.1) is 0 Å². The Balaban J connectivity index is 1.69. The molecule has 2 atom stereocenters. The zero-order valence-corrected chi connectivity index (χ0v) is 20.8. The Hall–Kier alpha value is -3.97. The SMILES string of the molecule is CC(=O)[C@H](C)NP(=O)(COCCn1cnc2c(N=C(/C=C/C(=O)O)OO)ncnc21)Oc1ccccc1. The predicted molar refractivity (Wildman–Crippen MR) is 132 cm³/mol. The third kappa shape index (κ3) is 8.02. The number of carbonyl (C=O) groups is 2. The second kappa shape index (κ2) is 12.8. The molecule has 14 nitrogen and oxygen atoms in total. The molecular formula is C22H25N6O8P. The third-order valence-corrected chi connectivity index (χ3v) is 6.60. The fourth-order valence-electron chi connectivity index (χ4n) is 2.92. The lowest BCUT2D eigenvalue weighted by atomic mass is 10.3. The van der Waals surface area contributed by atoms with Crippen molar-refractivity contribution in [3.8, 4) is 5.75 Å². The number of Topliss-reactive ketones (excluding diaryl/α,β-unsaturated/α-hetero) is 1. The van der Waals surface area contributed by atoms with Crippen molar-refractivity contribution in [1.29, 1.82) is 0 Å². The lowest BCUT2D eigenvalue weighted by Gasteiger charge is -2.23. The quantitative estimate of drug-likeness (QED) is 0.0556. The minimum absolute atomic E-state index is 0.0342. The molecule has 0 saturated carbocycles. The molecule has 37 heavy (non-hydrogen) atoms. The molecule has 0 saturated heterocycles. The highest BCUT2D eigenvalue weighted by Crippen LogP contribution is 2.43. The maximum Gasteiger partial charge on any atom is 0.342 e. The van der Waals surface area contributed by atoms with Crippen LogP contribution in [0.3, 0.4) is 0 Å². The number of carboxylic acid groups (broad SMARTS) is 1. The number of ketones is 1. The molecule has 0 amide bonds. The maximum atomic E-state index is 13.4. The van der Waals surface area contributed by atoms with E-state index in [-0.39, 0.29) is 36.6 Å². The highest BCUT2D eigenvalue weighted by atomic mass is 31.2. The topological polar surface area (TPSA) is 187 Å². The standard InChI is InChI=1S/C22H25N6O8P/c1-15(16(2)29)27-37(33,36-17-6-4-3-5-7-17)14-34-11-10-28-13-25-20-21(23-12-24-22(20)28)26-18(35-32)8-9-19(30)31/h3-9,12-13,15,32H,10-11,14H2,1-2H3,(H,27,33)(H,30,31)/b9-8+,26-18?/t15-,37?/m0/s1. The number of hydrogen-bond donors (Lipinski definition) is 3. The van der Waals surface area contributed by atoms with Crippen LogP contribution in [-0.4, -0.2) is 66.5 Å². The molecule has 0 aliphatic rings. The van der Waals surface area contributed by atoms with Gasteiger partial charge in [0.05, 0.1) is 19.0 Å². The van der Waals surface area contributed by atoms with Crippen LogP contribution in [0.15, 0.2) is 60.1 Å². The Morgan fingerprint density at radius 3 is 2.65 bits per heavy atom. The summed E-state index contributed by atoms with van der Waals surface area (Å²) >= 11 is 0. The van der Waals surface area contributed by atoms with Crippen molar-refractivity contribution >= 4 is 42.2 Å². The number of para-hydroxylation sites is 1. The minimum atomic E-state index is -3.59. The van der Waals surface area contributed by atoms with Crippen molar-refractivity contribution in [3.63, 3.8) is 0 Å². The van der Waals surface area contributed by atoms with E-state index in [4.69, 9.17) is 19.6 Å². The minimum Gasteiger partial charge on any atom is -0.478 e. The van der Waals surface area contributed by atoms with Gasteiger partial charge in [0, 0.05) is 18.7 Å². The van der Waals surface area contributed by atoms with Gasteiger partial charge in [0.25, 0.3) is 5.90 Å². The average Bonchev–Trinajstić information content (AvgIpc) is 3.28. The first-order chi connectivity index (χ1) is 17.7. The Labute approximate surface area is 211 Å². The summed E-state index contributed by atoms with van der Waals surface area (Å²) in [5, 5.41) is 20.4. The number of rotatable bonds is 13. The number of benzene rings is 1. The zero-order valence-electron chi connectivity index (χ0n) is 19.9. The van der Waals surface area contributed by atoms with Gasteiger partial charge in [-0.05, 0) is 26.0 Å². The highest BCUT2D eigenvalue weighted by Gasteiger charge is 2.29. The summed E-state index contributed by atoms with van der Waals surface area (Å²) in [5.41, 5.74) is 0.639. The Bertz CT molecular complexity index is 1340. The van der Waals surface area contributed by atoms with Crippen LogP contribution in [0.25, 0.3) is 11.2 Å². The van der Waals surface area contributed by atoms with E-state index in [1.54, 1.807) is 41.8 Å². The summed E-state index contributed by atoms with van der Waals surface area (Å²) in [7, 11) is -3.59. The van der Waals surface area contributed by atoms with Gasteiger partial charge in [-0.1, -0.05) is 18.2 Å². The number of nitrogens with zero attached hydrogens (tertiary/aromatic N) is 5. The van der Waals surface area contributed by atoms with Gasteiger partial charge in [0.1, 0.15) is 24.2 Å². The van der Waals surface area contributed by atoms with Gasteiger partial charge in [-0.2, -0.15) is 4.99 Å². The Morgan fingerprint density at radius 1 is 1.22 bits per heavy atom. The first-order valence-corrected chi connectivity index (χ1v) is 12.7. The number of imidazole rings is 1. The summed E-state index contributed by atoms with van der Waals surface area (Å²) < 4.78 is 26.3. The van der Waals surface area contributed by atoms with Crippen molar-refractivity contribution in [2.75, 3.05) is 13.0 Å². The van der Waals surface area contributed by atoms with Gasteiger partial charge < -0.3 is 23.8 Å². The molecule has 0 aliphatic heterocycles. The number of aliphatic imine (C=N–C) groups is 1. The normalized spacial score (nSPS) is 14.4. The van der Waals surface area contributed by atoms with E-state index < -0.39 is 25.4 Å². The first-order valence-electron chi connectivity index (χ1n) is 10.9. The van der Waals surface area contributed by atoms with Crippen LogP contribution in [0.4, 0.5) is 5.82 Å². The number of aromatic nitrogens is 4. The van der Waals surface area contributed by atoms with Crippen molar-refractivity contribution in [2.24, 2.45) is 4.99 Å². The second-order valence-electron chi connectivity index (χ2n) is 7.60. The smallest absolute Gasteiger partial charge is 0.342 e. The molecule has 3 N–H and O–H groups in total. The molecule has 1 aromatic carbocycles. The molecule has 15 heteroatoms. The molecular weight excluding hydrogens is 507 g/mol. The number of carboxylic acids is 1. The van der Waals surface area contributed by atoms with Crippen LogP contribution in [0.5, 0.6) is 5.75 Å². The maximum absolute atomic E-state index is 13.4. The molecule has 2 aromatic heterocycles. The largest absolute Gasteiger partial charge is 0.478 e. The summed E-state index contributed by atoms with van der Waals surface area (Å²) in [5.74, 6) is -1.47. The summed E-state index contributed by atoms with van der Waals surface area (Å²) in [6.45, 7) is 3.32. The summed E-state index contributed by atoms with van der Waals surface area (Å²) in [6.07, 6.45) is 4.05. The van der Waals surface area contributed by atoms with Crippen LogP contribution in [-0.2, 0) is 30.3 Å². The van der Waals surface area contributed by atoms with Crippen molar-refractivity contribution in [2.45, 2.75) is 26.4 Å². The fraction of sp³-hybridized carbons (Fsp3) is 0.273. The van der Waals surface area contributed by atoms with E-state index in [1.165, 1.54) is 19.6 Å².